The number of hydrogen-bond acceptors (Lipinski definition) is 4. The fourth-order valence-corrected chi connectivity index (χ4v) is 4.31. The van der Waals surface area contributed by atoms with Crippen LogP contribution in [0.4, 0.5) is 0 Å². The Hall–Kier alpha value is -1.75. The van der Waals surface area contributed by atoms with Gasteiger partial charge in [-0.3, -0.25) is 4.79 Å². The minimum Gasteiger partial charge on any atom is -0.493 e. The van der Waals surface area contributed by atoms with Crippen molar-refractivity contribution in [2.24, 2.45) is 5.92 Å². The molecule has 1 saturated heterocycles. The van der Waals surface area contributed by atoms with Gasteiger partial charge in [0.2, 0.25) is 5.91 Å². The van der Waals surface area contributed by atoms with Crippen LogP contribution < -0.4 is 20.1 Å². The van der Waals surface area contributed by atoms with Crippen LogP contribution in [-0.4, -0.2) is 38.8 Å². The quantitative estimate of drug-likeness (QED) is 0.819. The van der Waals surface area contributed by atoms with Crippen LogP contribution >= 0.6 is 0 Å². The topological polar surface area (TPSA) is 59.6 Å². The summed E-state index contributed by atoms with van der Waals surface area (Å²) >= 11 is 0. The van der Waals surface area contributed by atoms with E-state index in [0.717, 1.165) is 12.0 Å². The van der Waals surface area contributed by atoms with Crippen LogP contribution in [0.3, 0.4) is 0 Å². The Morgan fingerprint density at radius 1 is 1.19 bits per heavy atom. The lowest BCUT2D eigenvalue weighted by molar-refractivity contribution is -0.123. The Bertz CT molecular complexity index is 630. The van der Waals surface area contributed by atoms with Crippen LogP contribution in [0.1, 0.15) is 51.5 Å². The first-order chi connectivity index (χ1) is 12.4. The van der Waals surface area contributed by atoms with Gasteiger partial charge in [0.05, 0.1) is 20.3 Å². The molecular formula is C21H32N2O3. The number of methoxy groups -OCH3 is 2. The van der Waals surface area contributed by atoms with Gasteiger partial charge in [-0.25, -0.2) is 0 Å². The molecule has 0 aromatic heterocycles. The van der Waals surface area contributed by atoms with E-state index in [-0.39, 0.29) is 17.4 Å². The molecule has 3 rings (SSSR count). The Balaban J connectivity index is 1.60. The van der Waals surface area contributed by atoms with Crippen molar-refractivity contribution in [3.05, 3.63) is 23.8 Å². The molecule has 1 heterocycles. The maximum atomic E-state index is 12.7. The van der Waals surface area contributed by atoms with E-state index in [4.69, 9.17) is 9.47 Å². The first kappa shape index (κ1) is 19.0. The van der Waals surface area contributed by atoms with Gasteiger partial charge in [-0.2, -0.15) is 0 Å². The molecule has 2 N–H and O–H groups in total. The molecule has 26 heavy (non-hydrogen) atoms. The molecule has 2 aliphatic rings. The fraction of sp³-hybridized carbons (Fsp3) is 0.667. The lowest BCUT2D eigenvalue weighted by atomic mass is 9.84. The zero-order valence-electron chi connectivity index (χ0n) is 16.4. The summed E-state index contributed by atoms with van der Waals surface area (Å²) in [5.74, 6) is 2.24. The summed E-state index contributed by atoms with van der Waals surface area (Å²) in [6, 6.07) is 6.45. The van der Waals surface area contributed by atoms with Gasteiger partial charge >= 0.3 is 0 Å². The summed E-state index contributed by atoms with van der Waals surface area (Å²) in [6.45, 7) is 4.86. The lowest BCUT2D eigenvalue weighted by Gasteiger charge is -2.27. The van der Waals surface area contributed by atoms with Gasteiger partial charge in [0.1, 0.15) is 0 Å². The SMILES string of the molecule is COc1ccc(C(C)(C)CNC(=O)C2CC3CCCCC3N2)cc1OC. The first-order valence-corrected chi connectivity index (χ1v) is 9.71. The predicted molar refractivity (Wildman–Crippen MR) is 103 cm³/mol. The highest BCUT2D eigenvalue weighted by atomic mass is 16.5. The highest BCUT2D eigenvalue weighted by molar-refractivity contribution is 5.82. The molecule has 0 radical (unpaired) electrons. The Morgan fingerprint density at radius 3 is 2.62 bits per heavy atom. The van der Waals surface area contributed by atoms with E-state index >= 15 is 0 Å². The molecule has 1 saturated carbocycles. The second-order valence-corrected chi connectivity index (χ2v) is 8.28. The summed E-state index contributed by atoms with van der Waals surface area (Å²) in [6.07, 6.45) is 6.05. The largest absolute Gasteiger partial charge is 0.493 e. The third kappa shape index (κ3) is 3.98. The van der Waals surface area contributed by atoms with Crippen LogP contribution in [0, 0.1) is 5.92 Å². The number of rotatable bonds is 6. The Labute approximate surface area is 156 Å². The summed E-state index contributed by atoms with van der Waals surface area (Å²) in [4.78, 5) is 12.7. The van der Waals surface area contributed by atoms with E-state index in [2.05, 4.69) is 24.5 Å². The second kappa shape index (κ2) is 7.87. The summed E-state index contributed by atoms with van der Waals surface area (Å²) < 4.78 is 10.7. The van der Waals surface area contributed by atoms with Crippen molar-refractivity contribution in [3.8, 4) is 11.5 Å². The van der Waals surface area contributed by atoms with E-state index < -0.39 is 0 Å². The number of benzene rings is 1. The van der Waals surface area contributed by atoms with Crippen LogP contribution in [0.15, 0.2) is 18.2 Å². The average Bonchev–Trinajstić information content (AvgIpc) is 3.09. The summed E-state index contributed by atoms with van der Waals surface area (Å²) in [7, 11) is 3.27. The van der Waals surface area contributed by atoms with E-state index in [0.29, 0.717) is 30.0 Å². The van der Waals surface area contributed by atoms with E-state index in [1.165, 1.54) is 25.7 Å². The molecule has 3 atom stereocenters. The first-order valence-electron chi connectivity index (χ1n) is 9.71. The van der Waals surface area contributed by atoms with Gasteiger partial charge in [0.25, 0.3) is 0 Å². The highest BCUT2D eigenvalue weighted by Gasteiger charge is 2.38. The monoisotopic (exact) mass is 360 g/mol. The molecule has 0 spiro atoms. The maximum Gasteiger partial charge on any atom is 0.237 e. The van der Waals surface area contributed by atoms with Crippen LogP contribution in [0.25, 0.3) is 0 Å². The maximum absolute atomic E-state index is 12.7. The van der Waals surface area contributed by atoms with Crippen LogP contribution in [0.5, 0.6) is 11.5 Å². The van der Waals surface area contributed by atoms with E-state index in [1.807, 2.05) is 18.2 Å². The number of hydrogen-bond donors (Lipinski definition) is 2. The Morgan fingerprint density at radius 2 is 1.92 bits per heavy atom. The number of nitrogens with one attached hydrogen (secondary N) is 2. The third-order valence-electron chi connectivity index (χ3n) is 6.05. The van der Waals surface area contributed by atoms with Gasteiger partial charge in [-0.05, 0) is 42.9 Å². The molecule has 1 aromatic rings. The fourth-order valence-electron chi connectivity index (χ4n) is 4.31. The van der Waals surface area contributed by atoms with E-state index in [1.54, 1.807) is 14.2 Å². The van der Waals surface area contributed by atoms with Crippen molar-refractivity contribution < 1.29 is 14.3 Å². The van der Waals surface area contributed by atoms with Gasteiger partial charge in [0.15, 0.2) is 11.5 Å². The van der Waals surface area contributed by atoms with Crippen LogP contribution in [0.2, 0.25) is 0 Å². The van der Waals surface area contributed by atoms with Crippen molar-refractivity contribution in [1.29, 1.82) is 0 Å². The molecule has 3 unspecified atom stereocenters. The van der Waals surface area contributed by atoms with Crippen molar-refractivity contribution in [1.82, 2.24) is 10.6 Å². The van der Waals surface area contributed by atoms with E-state index in [9.17, 15) is 4.79 Å². The number of carbonyl (C=O) groups excluding carboxylic acids is 1. The molecule has 144 valence electrons. The van der Waals surface area contributed by atoms with Gasteiger partial charge < -0.3 is 20.1 Å². The van der Waals surface area contributed by atoms with Crippen molar-refractivity contribution >= 4 is 5.91 Å². The summed E-state index contributed by atoms with van der Waals surface area (Å²) in [5.41, 5.74) is 0.920. The highest BCUT2D eigenvalue weighted by Crippen LogP contribution is 2.34. The minimum atomic E-state index is -0.194. The standard InChI is InChI=1S/C21H32N2O3/c1-21(2,15-9-10-18(25-3)19(12-15)26-4)13-22-20(24)17-11-14-7-5-6-8-16(14)23-17/h9-10,12,14,16-17,23H,5-8,11,13H2,1-4H3,(H,22,24). The van der Waals surface area contributed by atoms with Crippen molar-refractivity contribution in [2.45, 2.75) is 63.5 Å². The lowest BCUT2D eigenvalue weighted by Crippen LogP contribution is -2.46. The summed E-state index contributed by atoms with van der Waals surface area (Å²) in [5, 5.41) is 6.72. The predicted octanol–water partition coefficient (Wildman–Crippen LogP) is 3.02. The van der Waals surface area contributed by atoms with Gasteiger partial charge in [-0.15, -0.1) is 0 Å². The van der Waals surface area contributed by atoms with Gasteiger partial charge in [-0.1, -0.05) is 32.8 Å². The molecule has 5 nitrogen and oxygen atoms in total. The molecule has 1 aliphatic heterocycles. The normalized spacial score (nSPS) is 25.5. The third-order valence-corrected chi connectivity index (χ3v) is 6.05. The van der Waals surface area contributed by atoms with Crippen molar-refractivity contribution in [2.75, 3.05) is 20.8 Å². The molecular weight excluding hydrogens is 328 g/mol. The zero-order valence-corrected chi connectivity index (χ0v) is 16.4. The molecule has 0 bridgehead atoms. The van der Waals surface area contributed by atoms with Crippen LogP contribution in [-0.2, 0) is 10.2 Å². The number of amides is 1. The van der Waals surface area contributed by atoms with Crippen molar-refractivity contribution in [3.63, 3.8) is 0 Å². The molecule has 1 amide bonds. The smallest absolute Gasteiger partial charge is 0.237 e. The number of ether oxygens (including phenoxy) is 2. The Kier molecular flexibility index (Phi) is 5.76. The molecule has 1 aliphatic carbocycles. The number of carbonyl (C=O) groups is 1. The number of fused-ring (bicyclic) bond motifs is 1. The van der Waals surface area contributed by atoms with Gasteiger partial charge in [0, 0.05) is 18.0 Å². The molecule has 5 heteroatoms. The second-order valence-electron chi connectivity index (χ2n) is 8.28. The molecule has 1 aromatic carbocycles. The molecule has 2 fully saturated rings. The zero-order chi connectivity index (χ0) is 18.7. The average molecular weight is 360 g/mol. The minimum absolute atomic E-state index is 0.0377.